The standard InChI is InChI=1S/C20H26/c1-3-5-7-12-17(4-2)19-15-10-11-16-20(19)18-13-8-6-9-14-18/h6,8-11,13-17H,3-5,7,12H2,1-2H3. The van der Waals surface area contributed by atoms with Gasteiger partial charge in [-0.2, -0.15) is 0 Å². The zero-order valence-electron chi connectivity index (χ0n) is 12.8. The van der Waals surface area contributed by atoms with Crippen molar-refractivity contribution in [2.24, 2.45) is 0 Å². The van der Waals surface area contributed by atoms with Gasteiger partial charge in [0.05, 0.1) is 0 Å². The Morgan fingerprint density at radius 2 is 1.50 bits per heavy atom. The molecule has 2 aromatic rings. The van der Waals surface area contributed by atoms with Crippen LogP contribution in [0, 0.1) is 0 Å². The van der Waals surface area contributed by atoms with Crippen molar-refractivity contribution >= 4 is 0 Å². The highest BCUT2D eigenvalue weighted by molar-refractivity contribution is 5.67. The molecule has 0 fully saturated rings. The first kappa shape index (κ1) is 14.8. The number of hydrogen-bond donors (Lipinski definition) is 0. The Kier molecular flexibility index (Phi) is 5.86. The molecule has 0 saturated heterocycles. The summed E-state index contributed by atoms with van der Waals surface area (Å²) < 4.78 is 0. The van der Waals surface area contributed by atoms with Crippen LogP contribution in [0.5, 0.6) is 0 Å². The van der Waals surface area contributed by atoms with Crippen molar-refractivity contribution in [3.8, 4) is 11.1 Å². The number of unbranched alkanes of at least 4 members (excludes halogenated alkanes) is 2. The van der Waals surface area contributed by atoms with Crippen molar-refractivity contribution in [3.05, 3.63) is 60.2 Å². The lowest BCUT2D eigenvalue weighted by Crippen LogP contribution is -2.00. The summed E-state index contributed by atoms with van der Waals surface area (Å²) in [4.78, 5) is 0. The molecule has 1 unspecified atom stereocenters. The van der Waals surface area contributed by atoms with E-state index in [9.17, 15) is 0 Å². The molecule has 0 heteroatoms. The third-order valence-electron chi connectivity index (χ3n) is 4.13. The van der Waals surface area contributed by atoms with Crippen LogP contribution < -0.4 is 0 Å². The number of hydrogen-bond acceptors (Lipinski definition) is 0. The molecule has 0 aliphatic heterocycles. The smallest absolute Gasteiger partial charge is 0.0149 e. The van der Waals surface area contributed by atoms with Gasteiger partial charge in [0.1, 0.15) is 0 Å². The van der Waals surface area contributed by atoms with Crippen LogP contribution in [0.3, 0.4) is 0 Å². The van der Waals surface area contributed by atoms with Crippen LogP contribution in [0.1, 0.15) is 57.4 Å². The van der Waals surface area contributed by atoms with Crippen molar-refractivity contribution in [3.63, 3.8) is 0 Å². The van der Waals surface area contributed by atoms with E-state index in [0.717, 1.165) is 0 Å². The lowest BCUT2D eigenvalue weighted by Gasteiger charge is -2.19. The van der Waals surface area contributed by atoms with E-state index in [2.05, 4.69) is 68.4 Å². The Labute approximate surface area is 123 Å². The van der Waals surface area contributed by atoms with E-state index in [1.54, 1.807) is 0 Å². The Morgan fingerprint density at radius 3 is 2.20 bits per heavy atom. The quantitative estimate of drug-likeness (QED) is 0.507. The summed E-state index contributed by atoms with van der Waals surface area (Å²) in [6.45, 7) is 4.59. The fraction of sp³-hybridized carbons (Fsp3) is 0.400. The Hall–Kier alpha value is -1.56. The fourth-order valence-electron chi connectivity index (χ4n) is 2.95. The van der Waals surface area contributed by atoms with E-state index in [-0.39, 0.29) is 0 Å². The molecule has 0 heterocycles. The monoisotopic (exact) mass is 266 g/mol. The minimum absolute atomic E-state index is 0.693. The lowest BCUT2D eigenvalue weighted by atomic mass is 9.86. The zero-order chi connectivity index (χ0) is 14.2. The summed E-state index contributed by atoms with van der Waals surface area (Å²) in [7, 11) is 0. The topological polar surface area (TPSA) is 0 Å². The van der Waals surface area contributed by atoms with Crippen LogP contribution in [-0.4, -0.2) is 0 Å². The van der Waals surface area contributed by atoms with Crippen LogP contribution in [0.4, 0.5) is 0 Å². The van der Waals surface area contributed by atoms with Gasteiger partial charge in [0.2, 0.25) is 0 Å². The summed E-state index contributed by atoms with van der Waals surface area (Å²) in [5.41, 5.74) is 4.28. The van der Waals surface area contributed by atoms with Gasteiger partial charge in [0.25, 0.3) is 0 Å². The lowest BCUT2D eigenvalue weighted by molar-refractivity contribution is 0.554. The molecule has 0 bridgehead atoms. The summed E-state index contributed by atoms with van der Waals surface area (Å²) in [5.74, 6) is 0.693. The van der Waals surface area contributed by atoms with Crippen LogP contribution in [-0.2, 0) is 0 Å². The van der Waals surface area contributed by atoms with E-state index in [4.69, 9.17) is 0 Å². The molecule has 1 atom stereocenters. The maximum Gasteiger partial charge on any atom is -0.0149 e. The largest absolute Gasteiger partial charge is 0.0654 e. The molecule has 0 amide bonds. The SMILES string of the molecule is CCCCCC(CC)c1ccccc1-c1ccccc1. The minimum atomic E-state index is 0.693. The maximum absolute atomic E-state index is 2.32. The molecule has 0 spiro atoms. The second-order valence-electron chi connectivity index (χ2n) is 5.55. The van der Waals surface area contributed by atoms with Crippen molar-refractivity contribution in [1.82, 2.24) is 0 Å². The summed E-state index contributed by atoms with van der Waals surface area (Å²) >= 11 is 0. The number of benzene rings is 2. The Bertz CT molecular complexity index is 498. The first-order valence-electron chi connectivity index (χ1n) is 8.01. The number of rotatable bonds is 7. The summed E-state index contributed by atoms with van der Waals surface area (Å²) in [6.07, 6.45) is 6.54. The van der Waals surface area contributed by atoms with E-state index in [0.29, 0.717) is 5.92 Å². The van der Waals surface area contributed by atoms with E-state index in [1.807, 2.05) is 0 Å². The van der Waals surface area contributed by atoms with E-state index >= 15 is 0 Å². The summed E-state index contributed by atoms with van der Waals surface area (Å²) in [6, 6.07) is 19.7. The highest BCUT2D eigenvalue weighted by Gasteiger charge is 2.13. The molecule has 0 nitrogen and oxygen atoms in total. The van der Waals surface area contributed by atoms with Gasteiger partial charge in [-0.1, -0.05) is 87.7 Å². The molecular weight excluding hydrogens is 240 g/mol. The van der Waals surface area contributed by atoms with Gasteiger partial charge in [0.15, 0.2) is 0 Å². The van der Waals surface area contributed by atoms with Crippen molar-refractivity contribution < 1.29 is 0 Å². The van der Waals surface area contributed by atoms with Gasteiger partial charge in [-0.3, -0.25) is 0 Å². The molecule has 106 valence electrons. The van der Waals surface area contributed by atoms with Crippen LogP contribution in [0.25, 0.3) is 11.1 Å². The molecule has 2 rings (SSSR count). The second-order valence-corrected chi connectivity index (χ2v) is 5.55. The predicted molar refractivity (Wildman–Crippen MR) is 89.1 cm³/mol. The first-order valence-corrected chi connectivity index (χ1v) is 8.01. The Balaban J connectivity index is 2.26. The van der Waals surface area contributed by atoms with Crippen LogP contribution in [0.2, 0.25) is 0 Å². The third kappa shape index (κ3) is 3.72. The minimum Gasteiger partial charge on any atom is -0.0654 e. The average molecular weight is 266 g/mol. The van der Waals surface area contributed by atoms with E-state index in [1.165, 1.54) is 48.8 Å². The first-order chi connectivity index (χ1) is 9.86. The molecule has 0 N–H and O–H groups in total. The average Bonchev–Trinajstić information content (AvgIpc) is 2.53. The zero-order valence-corrected chi connectivity index (χ0v) is 12.8. The molecule has 0 radical (unpaired) electrons. The highest BCUT2D eigenvalue weighted by atomic mass is 14.2. The molecule has 20 heavy (non-hydrogen) atoms. The van der Waals surface area contributed by atoms with E-state index < -0.39 is 0 Å². The molecule has 0 aliphatic carbocycles. The Morgan fingerprint density at radius 1 is 0.800 bits per heavy atom. The van der Waals surface area contributed by atoms with Gasteiger partial charge >= 0.3 is 0 Å². The third-order valence-corrected chi connectivity index (χ3v) is 4.13. The molecular formula is C20H26. The summed E-state index contributed by atoms with van der Waals surface area (Å²) in [5, 5.41) is 0. The van der Waals surface area contributed by atoms with Crippen LogP contribution >= 0.6 is 0 Å². The molecule has 0 aromatic heterocycles. The predicted octanol–water partition coefficient (Wildman–Crippen LogP) is 6.43. The van der Waals surface area contributed by atoms with Gasteiger partial charge in [-0.15, -0.1) is 0 Å². The molecule has 0 saturated carbocycles. The van der Waals surface area contributed by atoms with Gasteiger partial charge in [-0.25, -0.2) is 0 Å². The van der Waals surface area contributed by atoms with Crippen molar-refractivity contribution in [2.45, 2.75) is 51.9 Å². The maximum atomic E-state index is 2.32. The van der Waals surface area contributed by atoms with Gasteiger partial charge in [-0.05, 0) is 35.4 Å². The fourth-order valence-corrected chi connectivity index (χ4v) is 2.95. The van der Waals surface area contributed by atoms with Crippen molar-refractivity contribution in [1.29, 1.82) is 0 Å². The van der Waals surface area contributed by atoms with Gasteiger partial charge in [0, 0.05) is 0 Å². The van der Waals surface area contributed by atoms with Crippen molar-refractivity contribution in [2.75, 3.05) is 0 Å². The normalized spacial score (nSPS) is 12.3. The highest BCUT2D eigenvalue weighted by Crippen LogP contribution is 2.33. The molecule has 0 aliphatic rings. The molecule has 2 aromatic carbocycles. The van der Waals surface area contributed by atoms with Crippen LogP contribution in [0.15, 0.2) is 54.6 Å². The van der Waals surface area contributed by atoms with Gasteiger partial charge < -0.3 is 0 Å². The second kappa shape index (κ2) is 7.89.